The van der Waals surface area contributed by atoms with Gasteiger partial charge in [0.2, 0.25) is 0 Å². The summed E-state index contributed by atoms with van der Waals surface area (Å²) in [5.41, 5.74) is 0.844. The highest BCUT2D eigenvalue weighted by molar-refractivity contribution is 6.30. The van der Waals surface area contributed by atoms with Crippen molar-refractivity contribution in [3.8, 4) is 0 Å². The highest BCUT2D eigenvalue weighted by atomic mass is 35.5. The van der Waals surface area contributed by atoms with Crippen LogP contribution >= 0.6 is 11.6 Å². The van der Waals surface area contributed by atoms with Gasteiger partial charge < -0.3 is 10.4 Å². The molecule has 0 aliphatic heterocycles. The van der Waals surface area contributed by atoms with E-state index in [9.17, 15) is 9.50 Å². The van der Waals surface area contributed by atoms with E-state index in [2.05, 4.69) is 5.32 Å². The van der Waals surface area contributed by atoms with E-state index in [1.165, 1.54) is 6.07 Å². The van der Waals surface area contributed by atoms with E-state index in [0.717, 1.165) is 12.0 Å². The predicted molar refractivity (Wildman–Crippen MR) is 71.2 cm³/mol. The van der Waals surface area contributed by atoms with Crippen molar-refractivity contribution in [2.24, 2.45) is 5.41 Å². The lowest BCUT2D eigenvalue weighted by molar-refractivity contribution is -0.0754. The number of hydrogen-bond donors (Lipinski definition) is 2. The van der Waals surface area contributed by atoms with Gasteiger partial charge in [0.05, 0.1) is 11.1 Å². The minimum Gasteiger partial charge on any atom is -0.392 e. The quantitative estimate of drug-likeness (QED) is 0.884. The van der Waals surface area contributed by atoms with Crippen LogP contribution in [-0.4, -0.2) is 17.3 Å². The summed E-state index contributed by atoms with van der Waals surface area (Å²) in [4.78, 5) is 0. The van der Waals surface area contributed by atoms with Gasteiger partial charge in [0.15, 0.2) is 0 Å². The Bertz CT molecular complexity index is 449. The molecule has 3 unspecified atom stereocenters. The molecule has 3 atom stereocenters. The summed E-state index contributed by atoms with van der Waals surface area (Å²) in [6, 6.07) is 5.13. The second-order valence-electron chi connectivity index (χ2n) is 5.69. The first-order chi connectivity index (χ1) is 8.32. The summed E-state index contributed by atoms with van der Waals surface area (Å²) in [5, 5.41) is 13.3. The standard InChI is InChI=1S/C14H19ClFNO/c1-8(9-4-5-11(16)10(15)6-9)17-12-7-13(18)14(12,2)3/h4-6,8,12-13,17-18H,7H2,1-3H3. The monoisotopic (exact) mass is 271 g/mol. The Kier molecular flexibility index (Phi) is 3.67. The second kappa shape index (κ2) is 4.80. The number of nitrogens with one attached hydrogen (secondary N) is 1. The lowest BCUT2D eigenvalue weighted by Crippen LogP contribution is -2.60. The van der Waals surface area contributed by atoms with Crippen LogP contribution in [0.15, 0.2) is 18.2 Å². The van der Waals surface area contributed by atoms with E-state index in [-0.39, 0.29) is 28.6 Å². The molecule has 100 valence electrons. The molecule has 0 bridgehead atoms. The third kappa shape index (κ3) is 2.40. The number of aliphatic hydroxyl groups is 1. The molecule has 1 saturated carbocycles. The van der Waals surface area contributed by atoms with Gasteiger partial charge in [0.1, 0.15) is 5.82 Å². The minimum atomic E-state index is -0.396. The molecule has 0 aromatic heterocycles. The highest BCUT2D eigenvalue weighted by Crippen LogP contribution is 2.41. The number of rotatable bonds is 3. The summed E-state index contributed by atoms with van der Waals surface area (Å²) in [7, 11) is 0. The normalized spacial score (nSPS) is 27.7. The van der Waals surface area contributed by atoms with Crippen molar-refractivity contribution in [1.29, 1.82) is 0 Å². The van der Waals surface area contributed by atoms with Crippen molar-refractivity contribution in [3.63, 3.8) is 0 Å². The third-order valence-corrected chi connectivity index (χ3v) is 4.40. The van der Waals surface area contributed by atoms with Crippen molar-refractivity contribution in [1.82, 2.24) is 5.32 Å². The molecular weight excluding hydrogens is 253 g/mol. The summed E-state index contributed by atoms with van der Waals surface area (Å²) < 4.78 is 13.1. The van der Waals surface area contributed by atoms with E-state index in [1.807, 2.05) is 20.8 Å². The molecule has 1 aliphatic carbocycles. The van der Waals surface area contributed by atoms with E-state index in [4.69, 9.17) is 11.6 Å². The molecule has 18 heavy (non-hydrogen) atoms. The van der Waals surface area contributed by atoms with Crippen LogP contribution in [0.4, 0.5) is 4.39 Å². The van der Waals surface area contributed by atoms with Gasteiger partial charge in [-0.15, -0.1) is 0 Å². The number of aliphatic hydroxyl groups excluding tert-OH is 1. The van der Waals surface area contributed by atoms with Gasteiger partial charge in [-0.3, -0.25) is 0 Å². The Morgan fingerprint density at radius 3 is 2.67 bits per heavy atom. The first kappa shape index (κ1) is 13.8. The van der Waals surface area contributed by atoms with E-state index in [0.29, 0.717) is 0 Å². The lowest BCUT2D eigenvalue weighted by Gasteiger charge is -2.50. The third-order valence-electron chi connectivity index (χ3n) is 4.11. The fraction of sp³-hybridized carbons (Fsp3) is 0.571. The minimum absolute atomic E-state index is 0.0832. The summed E-state index contributed by atoms with van der Waals surface area (Å²) in [5.74, 6) is -0.396. The summed E-state index contributed by atoms with van der Waals surface area (Å²) in [6.07, 6.45) is 0.505. The SMILES string of the molecule is CC(NC1CC(O)C1(C)C)c1ccc(F)c(Cl)c1. The van der Waals surface area contributed by atoms with Gasteiger partial charge in [-0.05, 0) is 31.0 Å². The van der Waals surface area contributed by atoms with Crippen molar-refractivity contribution in [2.75, 3.05) is 0 Å². The van der Waals surface area contributed by atoms with Gasteiger partial charge in [-0.1, -0.05) is 31.5 Å². The molecule has 2 rings (SSSR count). The molecule has 0 spiro atoms. The van der Waals surface area contributed by atoms with Crippen LogP contribution in [0.5, 0.6) is 0 Å². The molecular formula is C14H19ClFNO. The van der Waals surface area contributed by atoms with E-state index >= 15 is 0 Å². The summed E-state index contributed by atoms with van der Waals surface area (Å²) in [6.45, 7) is 6.11. The largest absolute Gasteiger partial charge is 0.392 e. The smallest absolute Gasteiger partial charge is 0.141 e. The van der Waals surface area contributed by atoms with Crippen LogP contribution in [0.2, 0.25) is 5.02 Å². The maximum absolute atomic E-state index is 13.1. The number of benzene rings is 1. The zero-order valence-corrected chi connectivity index (χ0v) is 11.6. The van der Waals surface area contributed by atoms with Crippen LogP contribution in [0.1, 0.15) is 38.8 Å². The Morgan fingerprint density at radius 1 is 1.50 bits per heavy atom. The van der Waals surface area contributed by atoms with Crippen molar-refractivity contribution in [2.45, 2.75) is 45.4 Å². The topological polar surface area (TPSA) is 32.3 Å². The van der Waals surface area contributed by atoms with Gasteiger partial charge in [0, 0.05) is 17.5 Å². The van der Waals surface area contributed by atoms with Crippen molar-refractivity contribution >= 4 is 11.6 Å². The molecule has 1 aromatic rings. The Hall–Kier alpha value is -0.640. The van der Waals surface area contributed by atoms with Gasteiger partial charge in [0.25, 0.3) is 0 Å². The predicted octanol–water partition coefficient (Wildman–Crippen LogP) is 3.29. The zero-order valence-electron chi connectivity index (χ0n) is 10.9. The van der Waals surface area contributed by atoms with Crippen LogP contribution in [0, 0.1) is 11.2 Å². The van der Waals surface area contributed by atoms with Crippen LogP contribution < -0.4 is 5.32 Å². The lowest BCUT2D eigenvalue weighted by atomic mass is 9.64. The average molecular weight is 272 g/mol. The van der Waals surface area contributed by atoms with Gasteiger partial charge in [-0.2, -0.15) is 0 Å². The molecule has 0 amide bonds. The molecule has 4 heteroatoms. The Balaban J connectivity index is 2.04. The maximum Gasteiger partial charge on any atom is 0.141 e. The Morgan fingerprint density at radius 2 is 2.17 bits per heavy atom. The van der Waals surface area contributed by atoms with Crippen molar-refractivity contribution in [3.05, 3.63) is 34.6 Å². The highest BCUT2D eigenvalue weighted by Gasteiger charge is 2.47. The molecule has 2 N–H and O–H groups in total. The molecule has 0 saturated heterocycles. The fourth-order valence-electron chi connectivity index (χ4n) is 2.37. The van der Waals surface area contributed by atoms with Gasteiger partial charge in [-0.25, -0.2) is 4.39 Å². The molecule has 1 aliphatic rings. The average Bonchev–Trinajstić information content (AvgIpc) is 2.32. The van der Waals surface area contributed by atoms with Crippen LogP contribution in [-0.2, 0) is 0 Å². The van der Waals surface area contributed by atoms with E-state index < -0.39 is 5.82 Å². The Labute approximate surface area is 112 Å². The zero-order chi connectivity index (χ0) is 13.5. The fourth-order valence-corrected chi connectivity index (χ4v) is 2.55. The first-order valence-electron chi connectivity index (χ1n) is 6.21. The van der Waals surface area contributed by atoms with Crippen LogP contribution in [0.3, 0.4) is 0 Å². The molecule has 0 radical (unpaired) electrons. The van der Waals surface area contributed by atoms with Gasteiger partial charge >= 0.3 is 0 Å². The second-order valence-corrected chi connectivity index (χ2v) is 6.09. The summed E-state index contributed by atoms with van der Waals surface area (Å²) >= 11 is 5.78. The molecule has 2 nitrogen and oxygen atoms in total. The molecule has 1 aromatic carbocycles. The number of halogens is 2. The van der Waals surface area contributed by atoms with E-state index in [1.54, 1.807) is 12.1 Å². The first-order valence-corrected chi connectivity index (χ1v) is 6.59. The molecule has 0 heterocycles. The molecule has 1 fully saturated rings. The van der Waals surface area contributed by atoms with Crippen molar-refractivity contribution < 1.29 is 9.50 Å². The number of hydrogen-bond acceptors (Lipinski definition) is 2. The maximum atomic E-state index is 13.1. The van der Waals surface area contributed by atoms with Crippen LogP contribution in [0.25, 0.3) is 0 Å².